The lowest BCUT2D eigenvalue weighted by Gasteiger charge is -2.17. The monoisotopic (exact) mass is 459 g/mol. The highest BCUT2D eigenvalue weighted by Crippen LogP contribution is 2.16. The van der Waals surface area contributed by atoms with Crippen molar-refractivity contribution in [3.05, 3.63) is 59.7 Å². The molecule has 0 aromatic heterocycles. The molecule has 2 amide bonds. The van der Waals surface area contributed by atoms with E-state index in [1.807, 2.05) is 13.8 Å². The van der Waals surface area contributed by atoms with Gasteiger partial charge in [0.1, 0.15) is 0 Å². The molecule has 2 aromatic rings. The molecule has 0 bridgehead atoms. The molecule has 0 saturated carbocycles. The quantitative estimate of drug-likeness (QED) is 0.531. The lowest BCUT2D eigenvalue weighted by Crippen LogP contribution is -2.38. The van der Waals surface area contributed by atoms with Gasteiger partial charge in [0.25, 0.3) is 0 Å². The summed E-state index contributed by atoms with van der Waals surface area (Å²) in [5.74, 6) is -0.460. The van der Waals surface area contributed by atoms with Crippen LogP contribution in [0.5, 0.6) is 0 Å². The van der Waals surface area contributed by atoms with E-state index in [1.165, 1.54) is 38.2 Å². The summed E-state index contributed by atoms with van der Waals surface area (Å²) in [6.45, 7) is 5.15. The van der Waals surface area contributed by atoms with Crippen molar-refractivity contribution >= 4 is 33.3 Å². The number of rotatable bonds is 10. The number of nitrogens with one attached hydrogen (secondary N) is 2. The molecule has 0 fully saturated rings. The number of sulfonamides is 1. The summed E-state index contributed by atoms with van der Waals surface area (Å²) < 4.78 is 26.3. The van der Waals surface area contributed by atoms with E-state index in [0.717, 1.165) is 9.87 Å². The molecular formula is C23H29N3O5S. The molecule has 0 saturated heterocycles. The Kier molecular flexibility index (Phi) is 8.68. The number of ketones is 1. The molecule has 0 atom stereocenters. The van der Waals surface area contributed by atoms with Crippen molar-refractivity contribution in [1.29, 1.82) is 0 Å². The Morgan fingerprint density at radius 3 is 2.25 bits per heavy atom. The van der Waals surface area contributed by atoms with Crippen LogP contribution in [0.1, 0.15) is 43.1 Å². The number of nitrogens with zero attached hydrogens (tertiary/aromatic N) is 1. The van der Waals surface area contributed by atoms with Crippen molar-refractivity contribution in [1.82, 2.24) is 9.62 Å². The highest BCUT2D eigenvalue weighted by molar-refractivity contribution is 7.89. The number of amides is 2. The van der Waals surface area contributed by atoms with Gasteiger partial charge in [0.2, 0.25) is 21.8 Å². The molecule has 172 valence electrons. The molecule has 0 heterocycles. The fraction of sp³-hybridized carbons (Fsp3) is 0.348. The second-order valence-electron chi connectivity index (χ2n) is 7.96. The Morgan fingerprint density at radius 2 is 1.66 bits per heavy atom. The zero-order valence-corrected chi connectivity index (χ0v) is 19.5. The zero-order chi connectivity index (χ0) is 23.9. The van der Waals surface area contributed by atoms with Gasteiger partial charge in [0.15, 0.2) is 5.78 Å². The smallest absolute Gasteiger partial charge is 0.243 e. The van der Waals surface area contributed by atoms with Crippen LogP contribution in [0.3, 0.4) is 0 Å². The van der Waals surface area contributed by atoms with Crippen molar-refractivity contribution in [2.75, 3.05) is 18.9 Å². The molecule has 0 unspecified atom stereocenters. The SMILES string of the molecule is CC(=O)c1ccc(S(=O)(=O)N(C)CC(=O)NCc2cccc(NC(=O)CC(C)C)c2)cc1. The number of benzene rings is 2. The number of carbonyl (C=O) groups is 3. The Bertz CT molecular complexity index is 1080. The molecule has 0 spiro atoms. The lowest BCUT2D eigenvalue weighted by atomic mass is 10.1. The first-order valence-corrected chi connectivity index (χ1v) is 11.7. The Hall–Kier alpha value is -3.04. The zero-order valence-electron chi connectivity index (χ0n) is 18.7. The van der Waals surface area contributed by atoms with Crippen molar-refractivity contribution in [2.24, 2.45) is 5.92 Å². The minimum absolute atomic E-state index is 0.00244. The molecule has 8 nitrogen and oxygen atoms in total. The van der Waals surface area contributed by atoms with Crippen molar-refractivity contribution < 1.29 is 22.8 Å². The Balaban J connectivity index is 1.94. The van der Waals surface area contributed by atoms with Gasteiger partial charge in [-0.25, -0.2) is 8.42 Å². The third-order valence-corrected chi connectivity index (χ3v) is 6.45. The first-order valence-electron chi connectivity index (χ1n) is 10.2. The summed E-state index contributed by atoms with van der Waals surface area (Å²) in [6, 6.07) is 12.7. The molecule has 0 aliphatic rings. The van der Waals surface area contributed by atoms with Crippen LogP contribution >= 0.6 is 0 Å². The summed E-state index contributed by atoms with van der Waals surface area (Å²) in [4.78, 5) is 35.6. The van der Waals surface area contributed by atoms with E-state index >= 15 is 0 Å². The Labute approximate surface area is 189 Å². The number of likely N-dealkylation sites (N-methyl/N-ethyl adjacent to an activating group) is 1. The first-order chi connectivity index (χ1) is 15.0. The fourth-order valence-corrected chi connectivity index (χ4v) is 4.05. The van der Waals surface area contributed by atoms with Gasteiger partial charge in [-0.1, -0.05) is 38.1 Å². The lowest BCUT2D eigenvalue weighted by molar-refractivity contribution is -0.121. The summed E-state index contributed by atoms with van der Waals surface area (Å²) in [6.07, 6.45) is 0.416. The molecule has 2 N–H and O–H groups in total. The maximum Gasteiger partial charge on any atom is 0.243 e. The summed E-state index contributed by atoms with van der Waals surface area (Å²) in [5, 5.41) is 5.51. The summed E-state index contributed by atoms with van der Waals surface area (Å²) in [7, 11) is -2.56. The third kappa shape index (κ3) is 7.28. The van der Waals surface area contributed by atoms with Gasteiger partial charge < -0.3 is 10.6 Å². The Morgan fingerprint density at radius 1 is 1.00 bits per heavy atom. The third-order valence-electron chi connectivity index (χ3n) is 4.63. The van der Waals surface area contributed by atoms with E-state index in [4.69, 9.17) is 0 Å². The molecule has 0 aliphatic carbocycles. The van der Waals surface area contributed by atoms with Crippen molar-refractivity contribution in [2.45, 2.75) is 38.6 Å². The number of carbonyl (C=O) groups excluding carboxylic acids is 3. The molecule has 0 radical (unpaired) electrons. The molecule has 0 aliphatic heterocycles. The average molecular weight is 460 g/mol. The molecule has 2 rings (SSSR count). The van der Waals surface area contributed by atoms with E-state index in [0.29, 0.717) is 17.7 Å². The van der Waals surface area contributed by atoms with Gasteiger partial charge in [-0.2, -0.15) is 4.31 Å². The summed E-state index contributed by atoms with van der Waals surface area (Å²) in [5.41, 5.74) is 1.81. The van der Waals surface area contributed by atoms with Crippen LogP contribution in [0, 0.1) is 5.92 Å². The second-order valence-corrected chi connectivity index (χ2v) is 10.0. The minimum atomic E-state index is -3.88. The van der Waals surface area contributed by atoms with Gasteiger partial charge in [-0.15, -0.1) is 0 Å². The largest absolute Gasteiger partial charge is 0.351 e. The van der Waals surface area contributed by atoms with Crippen LogP contribution in [0.15, 0.2) is 53.4 Å². The van der Waals surface area contributed by atoms with Crippen LogP contribution < -0.4 is 10.6 Å². The van der Waals surface area contributed by atoms with E-state index in [1.54, 1.807) is 24.3 Å². The molecular weight excluding hydrogens is 430 g/mol. The topological polar surface area (TPSA) is 113 Å². The van der Waals surface area contributed by atoms with Crippen LogP contribution in [0.25, 0.3) is 0 Å². The highest BCUT2D eigenvalue weighted by atomic mass is 32.2. The normalized spacial score (nSPS) is 11.4. The predicted octanol–water partition coefficient (Wildman–Crippen LogP) is 2.81. The minimum Gasteiger partial charge on any atom is -0.351 e. The van der Waals surface area contributed by atoms with Gasteiger partial charge in [0, 0.05) is 31.3 Å². The van der Waals surface area contributed by atoms with Gasteiger partial charge in [0.05, 0.1) is 11.4 Å². The molecule has 9 heteroatoms. The van der Waals surface area contributed by atoms with E-state index < -0.39 is 15.9 Å². The number of hydrogen-bond donors (Lipinski definition) is 2. The second kappa shape index (κ2) is 11.0. The van der Waals surface area contributed by atoms with Crippen LogP contribution in [-0.2, 0) is 26.2 Å². The van der Waals surface area contributed by atoms with E-state index in [9.17, 15) is 22.8 Å². The standard InChI is InChI=1S/C23H29N3O5S/c1-16(2)12-22(28)25-20-7-5-6-18(13-20)14-24-23(29)15-26(4)32(30,31)21-10-8-19(9-11-21)17(3)27/h5-11,13,16H,12,14-15H2,1-4H3,(H,24,29)(H,25,28). The van der Waals surface area contributed by atoms with Crippen LogP contribution in [0.2, 0.25) is 0 Å². The average Bonchev–Trinajstić information content (AvgIpc) is 2.72. The van der Waals surface area contributed by atoms with Gasteiger partial charge in [-0.05, 0) is 42.7 Å². The number of anilines is 1. The number of hydrogen-bond acceptors (Lipinski definition) is 5. The molecule has 2 aromatic carbocycles. The van der Waals surface area contributed by atoms with Crippen molar-refractivity contribution in [3.63, 3.8) is 0 Å². The predicted molar refractivity (Wildman–Crippen MR) is 123 cm³/mol. The highest BCUT2D eigenvalue weighted by Gasteiger charge is 2.23. The summed E-state index contributed by atoms with van der Waals surface area (Å²) >= 11 is 0. The number of Topliss-reactive ketones (excluding diaryl/α,β-unsaturated/α-hetero) is 1. The van der Waals surface area contributed by atoms with E-state index in [-0.39, 0.29) is 35.6 Å². The van der Waals surface area contributed by atoms with Gasteiger partial charge >= 0.3 is 0 Å². The fourth-order valence-electron chi connectivity index (χ4n) is 2.93. The maximum atomic E-state index is 12.7. The first kappa shape index (κ1) is 25.2. The van der Waals surface area contributed by atoms with Crippen LogP contribution in [-0.4, -0.2) is 43.9 Å². The molecule has 32 heavy (non-hydrogen) atoms. The maximum absolute atomic E-state index is 12.7. The van der Waals surface area contributed by atoms with Crippen LogP contribution in [0.4, 0.5) is 5.69 Å². The van der Waals surface area contributed by atoms with Crippen molar-refractivity contribution in [3.8, 4) is 0 Å². The van der Waals surface area contributed by atoms with Gasteiger partial charge in [-0.3, -0.25) is 14.4 Å². The van der Waals surface area contributed by atoms with E-state index in [2.05, 4.69) is 10.6 Å².